The fourth-order valence-corrected chi connectivity index (χ4v) is 2.34. The number of carbonyl (C=O) groups is 1. The number of rotatable bonds is 4. The molecule has 0 spiro atoms. The topological polar surface area (TPSA) is 80.5 Å². The van der Waals surface area contributed by atoms with Gasteiger partial charge in [-0.3, -0.25) is 4.79 Å². The van der Waals surface area contributed by atoms with Gasteiger partial charge in [0.1, 0.15) is 12.4 Å². The highest BCUT2D eigenvalue weighted by atomic mass is 32.2. The van der Waals surface area contributed by atoms with Crippen LogP contribution in [0.5, 0.6) is 0 Å². The number of amides is 1. The van der Waals surface area contributed by atoms with Crippen molar-refractivity contribution in [2.75, 3.05) is 13.1 Å². The third-order valence-electron chi connectivity index (χ3n) is 2.52. The maximum absolute atomic E-state index is 13.2. The zero-order chi connectivity index (χ0) is 16.4. The van der Waals surface area contributed by atoms with Gasteiger partial charge in [0.15, 0.2) is 0 Å². The van der Waals surface area contributed by atoms with Crippen molar-refractivity contribution in [1.82, 2.24) is 4.90 Å². The minimum absolute atomic E-state index is 0.334. The first-order chi connectivity index (χ1) is 9.45. The first kappa shape index (κ1) is 17.4. The standard InChI is InChI=1S/C11H12F4N2O3S/c1-2-17(6-11(13,14)15)10(18)8-5-7(12)3-4-9(8)21(16,19)20/h3-5H,2,6H2,1H3,(H2,16,19,20). The van der Waals surface area contributed by atoms with Gasteiger partial charge in [-0.15, -0.1) is 0 Å². The van der Waals surface area contributed by atoms with Gasteiger partial charge in [-0.2, -0.15) is 13.2 Å². The Bertz CT molecular complexity index is 643. The van der Waals surface area contributed by atoms with E-state index in [1.165, 1.54) is 6.92 Å². The molecule has 1 aromatic carbocycles. The van der Waals surface area contributed by atoms with Crippen LogP contribution in [0.15, 0.2) is 23.1 Å². The lowest BCUT2D eigenvalue weighted by atomic mass is 10.2. The van der Waals surface area contributed by atoms with Crippen LogP contribution >= 0.6 is 0 Å². The highest BCUT2D eigenvalue weighted by molar-refractivity contribution is 7.89. The van der Waals surface area contributed by atoms with Crippen molar-refractivity contribution in [1.29, 1.82) is 0 Å². The van der Waals surface area contributed by atoms with Crippen molar-refractivity contribution in [2.24, 2.45) is 5.14 Å². The zero-order valence-corrected chi connectivity index (χ0v) is 11.6. The summed E-state index contributed by atoms with van der Waals surface area (Å²) in [5, 5.41) is 4.87. The van der Waals surface area contributed by atoms with Gasteiger partial charge in [-0.1, -0.05) is 0 Å². The first-order valence-corrected chi connectivity index (χ1v) is 7.18. The molecule has 0 aliphatic rings. The Balaban J connectivity index is 3.31. The molecule has 0 fully saturated rings. The normalized spacial score (nSPS) is 12.3. The van der Waals surface area contributed by atoms with E-state index in [9.17, 15) is 30.8 Å². The Hall–Kier alpha value is -1.68. The molecular weight excluding hydrogens is 316 g/mol. The molecule has 10 heteroatoms. The number of nitrogens with two attached hydrogens (primary N) is 1. The maximum atomic E-state index is 13.2. The van der Waals surface area contributed by atoms with E-state index in [0.29, 0.717) is 11.0 Å². The Morgan fingerprint density at radius 1 is 1.33 bits per heavy atom. The number of carbonyl (C=O) groups excluding carboxylic acids is 1. The molecule has 0 bridgehead atoms. The Morgan fingerprint density at radius 3 is 2.33 bits per heavy atom. The van der Waals surface area contributed by atoms with E-state index in [4.69, 9.17) is 5.14 Å². The van der Waals surface area contributed by atoms with E-state index < -0.39 is 44.9 Å². The lowest BCUT2D eigenvalue weighted by Gasteiger charge is -2.23. The van der Waals surface area contributed by atoms with E-state index in [2.05, 4.69) is 0 Å². The molecular formula is C11H12F4N2O3S. The second-order valence-corrected chi connectivity index (χ2v) is 5.65. The SMILES string of the molecule is CCN(CC(F)(F)F)C(=O)c1cc(F)ccc1S(N)(=O)=O. The molecule has 0 aliphatic heterocycles. The van der Waals surface area contributed by atoms with Gasteiger partial charge in [0.25, 0.3) is 5.91 Å². The van der Waals surface area contributed by atoms with Crippen molar-refractivity contribution in [2.45, 2.75) is 18.0 Å². The molecule has 0 radical (unpaired) electrons. The minimum Gasteiger partial charge on any atom is -0.330 e. The van der Waals surface area contributed by atoms with Crippen LogP contribution in [0.4, 0.5) is 17.6 Å². The molecule has 1 rings (SSSR count). The number of benzene rings is 1. The molecule has 21 heavy (non-hydrogen) atoms. The lowest BCUT2D eigenvalue weighted by Crippen LogP contribution is -2.39. The quantitative estimate of drug-likeness (QED) is 0.851. The van der Waals surface area contributed by atoms with Crippen LogP contribution in [0.3, 0.4) is 0 Å². The number of hydrogen-bond donors (Lipinski definition) is 1. The molecule has 0 saturated heterocycles. The monoisotopic (exact) mass is 328 g/mol. The second kappa shape index (κ2) is 5.98. The zero-order valence-electron chi connectivity index (χ0n) is 10.8. The minimum atomic E-state index is -4.67. The Morgan fingerprint density at radius 2 is 1.90 bits per heavy atom. The number of primary sulfonamides is 1. The van der Waals surface area contributed by atoms with Gasteiger partial charge < -0.3 is 4.90 Å². The van der Waals surface area contributed by atoms with E-state index in [1.807, 2.05) is 0 Å². The molecule has 0 heterocycles. The van der Waals surface area contributed by atoms with Crippen molar-refractivity contribution in [3.8, 4) is 0 Å². The second-order valence-electron chi connectivity index (χ2n) is 4.12. The van der Waals surface area contributed by atoms with Crippen LogP contribution in [-0.4, -0.2) is 38.5 Å². The Kier molecular flexibility index (Phi) is 4.95. The molecule has 5 nitrogen and oxygen atoms in total. The van der Waals surface area contributed by atoms with Crippen LogP contribution in [0.25, 0.3) is 0 Å². The summed E-state index contributed by atoms with van der Waals surface area (Å²) in [6, 6.07) is 2.02. The van der Waals surface area contributed by atoms with Crippen molar-refractivity contribution in [3.63, 3.8) is 0 Å². The van der Waals surface area contributed by atoms with Crippen molar-refractivity contribution >= 4 is 15.9 Å². The van der Waals surface area contributed by atoms with E-state index in [-0.39, 0.29) is 6.54 Å². The van der Waals surface area contributed by atoms with Gasteiger partial charge >= 0.3 is 6.18 Å². The number of nitrogens with zero attached hydrogens (tertiary/aromatic N) is 1. The van der Waals surface area contributed by atoms with Gasteiger partial charge in [0.05, 0.1) is 10.5 Å². The average molecular weight is 328 g/mol. The highest BCUT2D eigenvalue weighted by Gasteiger charge is 2.34. The number of sulfonamides is 1. The summed E-state index contributed by atoms with van der Waals surface area (Å²) < 4.78 is 72.9. The summed E-state index contributed by atoms with van der Waals surface area (Å²) in [4.78, 5) is 11.6. The number of halogens is 4. The fourth-order valence-electron chi connectivity index (χ4n) is 1.63. The molecule has 118 valence electrons. The van der Waals surface area contributed by atoms with Crippen LogP contribution in [0, 0.1) is 5.82 Å². The van der Waals surface area contributed by atoms with Gasteiger partial charge in [-0.05, 0) is 25.1 Å². The number of alkyl halides is 3. The third-order valence-corrected chi connectivity index (χ3v) is 3.49. The summed E-state index contributed by atoms with van der Waals surface area (Å²) >= 11 is 0. The van der Waals surface area contributed by atoms with Crippen LogP contribution in [0.2, 0.25) is 0 Å². The molecule has 0 saturated carbocycles. The van der Waals surface area contributed by atoms with Gasteiger partial charge in [0, 0.05) is 6.54 Å². The number of hydrogen-bond acceptors (Lipinski definition) is 3. The van der Waals surface area contributed by atoms with Gasteiger partial charge in [-0.25, -0.2) is 17.9 Å². The Labute approximate surface area is 118 Å². The predicted octanol–water partition coefficient (Wildman–Crippen LogP) is 1.50. The predicted molar refractivity (Wildman–Crippen MR) is 65.4 cm³/mol. The molecule has 0 aliphatic carbocycles. The lowest BCUT2D eigenvalue weighted by molar-refractivity contribution is -0.140. The van der Waals surface area contributed by atoms with Crippen molar-refractivity contribution < 1.29 is 30.8 Å². The summed E-state index contributed by atoms with van der Waals surface area (Å²) in [7, 11) is -4.38. The molecule has 1 aromatic rings. The summed E-state index contributed by atoms with van der Waals surface area (Å²) in [6.45, 7) is -0.638. The smallest absolute Gasteiger partial charge is 0.330 e. The summed E-state index contributed by atoms with van der Waals surface area (Å²) in [6.07, 6.45) is -4.67. The molecule has 0 unspecified atom stereocenters. The highest BCUT2D eigenvalue weighted by Crippen LogP contribution is 2.21. The van der Waals surface area contributed by atoms with Crippen LogP contribution < -0.4 is 5.14 Å². The fraction of sp³-hybridized carbons (Fsp3) is 0.364. The van der Waals surface area contributed by atoms with E-state index in [0.717, 1.165) is 12.1 Å². The van der Waals surface area contributed by atoms with E-state index in [1.54, 1.807) is 0 Å². The molecule has 0 aromatic heterocycles. The first-order valence-electron chi connectivity index (χ1n) is 5.64. The maximum Gasteiger partial charge on any atom is 0.406 e. The van der Waals surface area contributed by atoms with Crippen LogP contribution in [-0.2, 0) is 10.0 Å². The molecule has 2 N–H and O–H groups in total. The third kappa shape index (κ3) is 4.67. The molecule has 1 amide bonds. The van der Waals surface area contributed by atoms with E-state index >= 15 is 0 Å². The van der Waals surface area contributed by atoms with Crippen LogP contribution in [0.1, 0.15) is 17.3 Å². The average Bonchev–Trinajstić information content (AvgIpc) is 2.32. The molecule has 0 atom stereocenters. The van der Waals surface area contributed by atoms with Gasteiger partial charge in [0.2, 0.25) is 10.0 Å². The summed E-state index contributed by atoms with van der Waals surface area (Å²) in [5.74, 6) is -2.23. The summed E-state index contributed by atoms with van der Waals surface area (Å²) in [5.41, 5.74) is -0.733. The largest absolute Gasteiger partial charge is 0.406 e. The van der Waals surface area contributed by atoms with Crippen molar-refractivity contribution in [3.05, 3.63) is 29.6 Å².